The summed E-state index contributed by atoms with van der Waals surface area (Å²) in [6, 6.07) is 1.55. The zero-order valence-corrected chi connectivity index (χ0v) is 30.1. The Kier molecular flexibility index (Phi) is 33.9. The van der Waals surface area contributed by atoms with E-state index in [9.17, 15) is 9.59 Å². The van der Waals surface area contributed by atoms with E-state index < -0.39 is 17.6 Å². The van der Waals surface area contributed by atoms with Crippen LogP contribution in [0.3, 0.4) is 0 Å². The molecule has 0 aromatic heterocycles. The van der Waals surface area contributed by atoms with Gasteiger partial charge in [-0.2, -0.15) is 0 Å². The molecule has 3 N–H and O–H groups in total. The number of nitrogens with one attached hydrogen (secondary N) is 1. The average molecular weight is 766 g/mol. The van der Waals surface area contributed by atoms with Gasteiger partial charge in [0.25, 0.3) is 0 Å². The Balaban J connectivity index is -0.000000539. The van der Waals surface area contributed by atoms with E-state index in [2.05, 4.69) is 53.1 Å². The Bertz CT molecular complexity index is 510. The van der Waals surface area contributed by atoms with Crippen molar-refractivity contribution in [2.75, 3.05) is 63.4 Å². The van der Waals surface area contributed by atoms with Gasteiger partial charge in [-0.25, -0.2) is 0 Å². The molecule has 0 rings (SSSR count). The van der Waals surface area contributed by atoms with Crippen molar-refractivity contribution >= 4 is 76.0 Å². The maximum Gasteiger partial charge on any atom is 0.500 e. The van der Waals surface area contributed by atoms with Crippen molar-refractivity contribution in [1.82, 2.24) is 5.32 Å². The standard InChI is InChI=1S/C11H24BrNO4Si.C9H23NO3Si.C2H2Br2O/c1-4-15-18(16-5-2,17-6-3)9-7-8-13-11(14)10-12;1-4-11-14(12-5-2,13-6-3)9-7-8-10;3-1-2(4)5/h4-10H2,1-3H3,(H,13,14);4-10H2,1-3H3;1H2. The van der Waals surface area contributed by atoms with Crippen LogP contribution in [-0.4, -0.2) is 91.6 Å². The molecule has 0 heterocycles. The molecule has 0 saturated carbocycles. The average Bonchev–Trinajstić information content (AvgIpc) is 2.87. The molecule has 0 radical (unpaired) electrons. The number of rotatable bonds is 21. The van der Waals surface area contributed by atoms with E-state index in [1.807, 2.05) is 41.5 Å². The minimum atomic E-state index is -2.54. The molecule has 0 spiro atoms. The summed E-state index contributed by atoms with van der Waals surface area (Å²) in [4.78, 5) is 20.8. The first-order chi connectivity index (χ1) is 17.6. The number of amides is 1. The number of nitrogens with two attached hydrogens (primary N) is 1. The van der Waals surface area contributed by atoms with Gasteiger partial charge in [0.05, 0.1) is 10.7 Å². The van der Waals surface area contributed by atoms with Crippen LogP contribution in [0.5, 0.6) is 0 Å². The van der Waals surface area contributed by atoms with Crippen LogP contribution >= 0.6 is 47.8 Å². The summed E-state index contributed by atoms with van der Waals surface area (Å²) in [7, 11) is -4.94. The quantitative estimate of drug-likeness (QED) is 0.0746. The lowest BCUT2D eigenvalue weighted by molar-refractivity contribution is -0.118. The van der Waals surface area contributed by atoms with Crippen LogP contribution in [0.1, 0.15) is 54.4 Å². The molecule has 0 aromatic carbocycles. The Labute approximate surface area is 251 Å². The number of hydrogen-bond donors (Lipinski definition) is 2. The van der Waals surface area contributed by atoms with E-state index in [0.717, 1.165) is 24.9 Å². The number of carbonyl (C=O) groups is 2. The van der Waals surface area contributed by atoms with Crippen molar-refractivity contribution in [3.8, 4) is 0 Å². The fraction of sp³-hybridized carbons (Fsp3) is 0.909. The van der Waals surface area contributed by atoms with Gasteiger partial charge in [0.2, 0.25) is 10.6 Å². The number of alkyl halides is 2. The molecule has 0 aromatic rings. The van der Waals surface area contributed by atoms with Crippen LogP contribution < -0.4 is 11.1 Å². The van der Waals surface area contributed by atoms with E-state index in [-0.39, 0.29) is 10.6 Å². The molecular weight excluding hydrogens is 716 g/mol. The molecule has 1 amide bonds. The molecule has 0 unspecified atom stereocenters. The molecular formula is C22H49Br3N2O8Si2. The van der Waals surface area contributed by atoms with Crippen molar-refractivity contribution in [3.63, 3.8) is 0 Å². The molecule has 15 heteroatoms. The number of hydrogen-bond acceptors (Lipinski definition) is 9. The minimum Gasteiger partial charge on any atom is -0.374 e. The van der Waals surface area contributed by atoms with Crippen molar-refractivity contribution in [2.45, 2.75) is 66.5 Å². The minimum absolute atomic E-state index is 0.00787. The van der Waals surface area contributed by atoms with Crippen LogP contribution in [0.4, 0.5) is 0 Å². The second kappa shape index (κ2) is 29.7. The molecule has 0 saturated heterocycles. The third kappa shape index (κ3) is 25.4. The highest BCUT2D eigenvalue weighted by atomic mass is 79.9. The molecule has 0 aliphatic rings. The summed E-state index contributed by atoms with van der Waals surface area (Å²) in [5.74, 6) is -0.00787. The molecule has 0 aliphatic carbocycles. The highest BCUT2D eigenvalue weighted by Crippen LogP contribution is 2.18. The summed E-state index contributed by atoms with van der Waals surface area (Å²) >= 11 is 8.71. The molecule has 10 nitrogen and oxygen atoms in total. The monoisotopic (exact) mass is 762 g/mol. The molecule has 224 valence electrons. The Morgan fingerprint density at radius 2 is 1.00 bits per heavy atom. The van der Waals surface area contributed by atoms with Gasteiger partial charge < -0.3 is 37.6 Å². The normalized spacial score (nSPS) is 11.2. The van der Waals surface area contributed by atoms with E-state index in [1.165, 1.54) is 0 Å². The smallest absolute Gasteiger partial charge is 0.374 e. The number of halogens is 3. The Morgan fingerprint density at radius 3 is 1.24 bits per heavy atom. The van der Waals surface area contributed by atoms with Gasteiger partial charge in [-0.05, 0) is 76.9 Å². The van der Waals surface area contributed by atoms with Gasteiger partial charge in [0, 0.05) is 58.3 Å². The number of carbonyl (C=O) groups excluding carboxylic acids is 2. The molecule has 0 aliphatic heterocycles. The van der Waals surface area contributed by atoms with Crippen molar-refractivity contribution in [2.24, 2.45) is 5.73 Å². The van der Waals surface area contributed by atoms with Gasteiger partial charge in [0.15, 0.2) is 0 Å². The largest absolute Gasteiger partial charge is 0.500 e. The predicted octanol–water partition coefficient (Wildman–Crippen LogP) is 4.62. The summed E-state index contributed by atoms with van der Waals surface area (Å²) < 4.78 is 34.1. The summed E-state index contributed by atoms with van der Waals surface area (Å²) in [5, 5.41) is 3.53. The first kappa shape index (κ1) is 42.2. The molecule has 0 bridgehead atoms. The van der Waals surface area contributed by atoms with Crippen LogP contribution in [0, 0.1) is 0 Å². The van der Waals surface area contributed by atoms with E-state index >= 15 is 0 Å². The predicted molar refractivity (Wildman–Crippen MR) is 164 cm³/mol. The van der Waals surface area contributed by atoms with Gasteiger partial charge in [-0.15, -0.1) is 0 Å². The third-order valence-corrected chi connectivity index (χ3v) is 12.4. The summed E-state index contributed by atoms with van der Waals surface area (Å²) in [6.45, 7) is 16.6. The van der Waals surface area contributed by atoms with Gasteiger partial charge in [-0.3, -0.25) is 9.59 Å². The summed E-state index contributed by atoms with van der Waals surface area (Å²) in [5.41, 5.74) is 5.48. The highest BCUT2D eigenvalue weighted by molar-refractivity contribution is 9.19. The molecule has 0 atom stereocenters. The maximum atomic E-state index is 11.1. The highest BCUT2D eigenvalue weighted by Gasteiger charge is 2.40. The van der Waals surface area contributed by atoms with E-state index in [0.29, 0.717) is 63.4 Å². The van der Waals surface area contributed by atoms with E-state index in [1.54, 1.807) is 0 Å². The second-order valence-corrected chi connectivity index (χ2v) is 14.4. The topological polar surface area (TPSA) is 128 Å². The lowest BCUT2D eigenvalue weighted by Gasteiger charge is -2.28. The third-order valence-electron chi connectivity index (χ3n) is 4.08. The first-order valence-corrected chi connectivity index (χ1v) is 19.7. The van der Waals surface area contributed by atoms with Crippen LogP contribution in [0.25, 0.3) is 0 Å². The van der Waals surface area contributed by atoms with E-state index in [4.69, 9.17) is 32.3 Å². The van der Waals surface area contributed by atoms with Gasteiger partial charge in [-0.1, -0.05) is 31.9 Å². The van der Waals surface area contributed by atoms with Gasteiger partial charge in [0.1, 0.15) is 0 Å². The fourth-order valence-electron chi connectivity index (χ4n) is 2.90. The first-order valence-electron chi connectivity index (χ1n) is 12.8. The van der Waals surface area contributed by atoms with Crippen LogP contribution in [0.15, 0.2) is 0 Å². The van der Waals surface area contributed by atoms with Crippen molar-refractivity contribution in [3.05, 3.63) is 0 Å². The second-order valence-electron chi connectivity index (χ2n) is 6.93. The van der Waals surface area contributed by atoms with Crippen molar-refractivity contribution < 1.29 is 36.1 Å². The summed E-state index contributed by atoms with van der Waals surface area (Å²) in [6.07, 6.45) is 1.69. The lowest BCUT2D eigenvalue weighted by Crippen LogP contribution is -2.46. The maximum absolute atomic E-state index is 11.1. The van der Waals surface area contributed by atoms with Crippen molar-refractivity contribution in [1.29, 1.82) is 0 Å². The lowest BCUT2D eigenvalue weighted by atomic mass is 10.5. The van der Waals surface area contributed by atoms with Crippen LogP contribution in [0.2, 0.25) is 12.1 Å². The zero-order valence-electron chi connectivity index (χ0n) is 23.4. The van der Waals surface area contributed by atoms with Crippen LogP contribution in [-0.2, 0) is 36.1 Å². The van der Waals surface area contributed by atoms with Gasteiger partial charge >= 0.3 is 17.6 Å². The molecule has 0 fully saturated rings. The Morgan fingerprint density at radius 1 is 0.676 bits per heavy atom. The molecule has 37 heavy (non-hydrogen) atoms. The SMILES string of the molecule is CCO[Si](CCCN)(OCC)OCC.CCO[Si](CCCNC(=O)CBr)(OCC)OCC.O=C(Br)CBr. The zero-order chi connectivity index (χ0) is 29.0. The fourth-order valence-corrected chi connectivity index (χ4v) is 8.35. The Hall–Kier alpha value is 0.734.